The summed E-state index contributed by atoms with van der Waals surface area (Å²) in [6.45, 7) is 2.24. The molecular weight excluding hydrogens is 325 g/mol. The van der Waals surface area contributed by atoms with Crippen LogP contribution in [0.1, 0.15) is 11.1 Å². The van der Waals surface area contributed by atoms with Crippen molar-refractivity contribution in [3.05, 3.63) is 51.7 Å². The minimum absolute atomic E-state index is 0.192. The first-order valence-corrected chi connectivity index (χ1v) is 6.86. The highest BCUT2D eigenvalue weighted by Gasteiger charge is 2.07. The minimum Gasteiger partial charge on any atom is -0.508 e. The van der Waals surface area contributed by atoms with Gasteiger partial charge in [0.1, 0.15) is 17.3 Å². The molecule has 2 aromatic carbocycles. The molecule has 0 heterocycles. The Morgan fingerprint density at radius 2 is 2.05 bits per heavy atom. The van der Waals surface area contributed by atoms with Gasteiger partial charge in [-0.2, -0.15) is 0 Å². The normalized spacial score (nSPS) is 10.4. The first-order chi connectivity index (χ1) is 9.51. The van der Waals surface area contributed by atoms with Crippen molar-refractivity contribution >= 4 is 21.6 Å². The lowest BCUT2D eigenvalue weighted by atomic mass is 10.1. The van der Waals surface area contributed by atoms with E-state index in [0.29, 0.717) is 22.3 Å². The van der Waals surface area contributed by atoms with Gasteiger partial charge in [-0.15, -0.1) is 0 Å². The van der Waals surface area contributed by atoms with Gasteiger partial charge in [-0.1, -0.05) is 0 Å². The molecule has 0 unspecified atom stereocenters. The topological polar surface area (TPSA) is 41.5 Å². The van der Waals surface area contributed by atoms with Crippen LogP contribution in [0.25, 0.3) is 0 Å². The number of hydrogen-bond donors (Lipinski definition) is 2. The van der Waals surface area contributed by atoms with Gasteiger partial charge in [0.05, 0.1) is 11.6 Å². The standard InChI is InChI=1S/C15H15BrFNO2/c1-9-5-13(17)12(16)7-14(9)18-8-10-6-11(20-2)3-4-15(10)19/h3-7,18-19H,8H2,1-2H3. The van der Waals surface area contributed by atoms with E-state index in [-0.39, 0.29) is 11.6 Å². The van der Waals surface area contributed by atoms with E-state index in [1.807, 2.05) is 6.92 Å². The largest absolute Gasteiger partial charge is 0.508 e. The van der Waals surface area contributed by atoms with E-state index in [2.05, 4.69) is 21.2 Å². The van der Waals surface area contributed by atoms with Gasteiger partial charge < -0.3 is 15.2 Å². The van der Waals surface area contributed by atoms with Crippen molar-refractivity contribution in [1.29, 1.82) is 0 Å². The van der Waals surface area contributed by atoms with Crippen molar-refractivity contribution < 1.29 is 14.2 Å². The van der Waals surface area contributed by atoms with Crippen LogP contribution in [0.2, 0.25) is 0 Å². The number of methoxy groups -OCH3 is 1. The van der Waals surface area contributed by atoms with Crippen molar-refractivity contribution in [2.24, 2.45) is 0 Å². The molecule has 5 heteroatoms. The lowest BCUT2D eigenvalue weighted by Gasteiger charge is -2.12. The number of nitrogens with one attached hydrogen (secondary N) is 1. The number of anilines is 1. The number of phenolic OH excluding ortho intramolecular Hbond substituents is 1. The second-order valence-electron chi connectivity index (χ2n) is 4.43. The van der Waals surface area contributed by atoms with E-state index in [1.165, 1.54) is 6.07 Å². The van der Waals surface area contributed by atoms with E-state index in [0.717, 1.165) is 11.3 Å². The maximum absolute atomic E-state index is 13.4. The predicted molar refractivity (Wildman–Crippen MR) is 80.8 cm³/mol. The summed E-state index contributed by atoms with van der Waals surface area (Å²) in [6, 6.07) is 8.18. The minimum atomic E-state index is -0.294. The monoisotopic (exact) mass is 339 g/mol. The highest BCUT2D eigenvalue weighted by atomic mass is 79.9. The summed E-state index contributed by atoms with van der Waals surface area (Å²) in [5, 5.41) is 13.0. The molecule has 3 nitrogen and oxygen atoms in total. The van der Waals surface area contributed by atoms with Crippen LogP contribution in [0.3, 0.4) is 0 Å². The number of aromatic hydroxyl groups is 1. The second-order valence-corrected chi connectivity index (χ2v) is 5.28. The van der Waals surface area contributed by atoms with Crippen LogP contribution in [0.5, 0.6) is 11.5 Å². The van der Waals surface area contributed by atoms with Gasteiger partial charge in [0, 0.05) is 17.8 Å². The molecule has 0 radical (unpaired) electrons. The summed E-state index contributed by atoms with van der Waals surface area (Å²) in [5.41, 5.74) is 2.32. The molecule has 0 aliphatic heterocycles. The Labute approximate surface area is 125 Å². The average Bonchev–Trinajstić information content (AvgIpc) is 2.43. The SMILES string of the molecule is COc1ccc(O)c(CNc2cc(Br)c(F)cc2C)c1. The summed E-state index contributed by atoms with van der Waals surface area (Å²) in [5.74, 6) is 0.575. The maximum Gasteiger partial charge on any atom is 0.137 e. The number of rotatable bonds is 4. The number of aryl methyl sites for hydroxylation is 1. The third-order valence-corrected chi connectivity index (χ3v) is 3.63. The Bertz CT molecular complexity index is 632. The smallest absolute Gasteiger partial charge is 0.137 e. The van der Waals surface area contributed by atoms with Crippen LogP contribution in [0.4, 0.5) is 10.1 Å². The zero-order valence-electron chi connectivity index (χ0n) is 11.2. The second kappa shape index (κ2) is 6.13. The number of ether oxygens (including phenoxy) is 1. The number of phenols is 1. The van der Waals surface area contributed by atoms with Gasteiger partial charge in [-0.05, 0) is 58.7 Å². The van der Waals surface area contributed by atoms with E-state index in [1.54, 1.807) is 31.4 Å². The Morgan fingerprint density at radius 1 is 1.30 bits per heavy atom. The van der Waals surface area contributed by atoms with E-state index < -0.39 is 0 Å². The third kappa shape index (κ3) is 3.22. The summed E-state index contributed by atoms with van der Waals surface area (Å²) in [7, 11) is 1.57. The van der Waals surface area contributed by atoms with Crippen molar-refractivity contribution in [2.45, 2.75) is 13.5 Å². The maximum atomic E-state index is 13.4. The highest BCUT2D eigenvalue weighted by molar-refractivity contribution is 9.10. The van der Waals surface area contributed by atoms with Crippen molar-refractivity contribution in [3.63, 3.8) is 0 Å². The first kappa shape index (κ1) is 14.7. The Kier molecular flexibility index (Phi) is 4.49. The molecule has 0 saturated heterocycles. The van der Waals surface area contributed by atoms with Crippen molar-refractivity contribution in [3.8, 4) is 11.5 Å². The van der Waals surface area contributed by atoms with Gasteiger partial charge in [-0.25, -0.2) is 4.39 Å². The molecule has 0 bridgehead atoms. The van der Waals surface area contributed by atoms with Gasteiger partial charge in [0.2, 0.25) is 0 Å². The molecule has 0 fully saturated rings. The van der Waals surface area contributed by atoms with Gasteiger partial charge in [0.25, 0.3) is 0 Å². The van der Waals surface area contributed by atoms with Crippen molar-refractivity contribution in [2.75, 3.05) is 12.4 Å². The van der Waals surface area contributed by atoms with Crippen LogP contribution in [-0.2, 0) is 6.54 Å². The molecule has 20 heavy (non-hydrogen) atoms. The number of hydrogen-bond acceptors (Lipinski definition) is 3. The Hall–Kier alpha value is -1.75. The van der Waals surface area contributed by atoms with Gasteiger partial charge >= 0.3 is 0 Å². The number of benzene rings is 2. The summed E-state index contributed by atoms with van der Waals surface area (Å²) in [4.78, 5) is 0. The molecule has 0 atom stereocenters. The fraction of sp³-hybridized carbons (Fsp3) is 0.200. The fourth-order valence-electron chi connectivity index (χ4n) is 1.86. The van der Waals surface area contributed by atoms with Crippen molar-refractivity contribution in [1.82, 2.24) is 0 Å². The molecule has 0 spiro atoms. The highest BCUT2D eigenvalue weighted by Crippen LogP contribution is 2.27. The zero-order valence-corrected chi connectivity index (χ0v) is 12.8. The molecule has 0 saturated carbocycles. The summed E-state index contributed by atoms with van der Waals surface area (Å²) < 4.78 is 18.9. The molecule has 2 aromatic rings. The third-order valence-electron chi connectivity index (χ3n) is 3.02. The van der Waals surface area contributed by atoms with Crippen LogP contribution in [-0.4, -0.2) is 12.2 Å². The van der Waals surface area contributed by atoms with Crippen LogP contribution < -0.4 is 10.1 Å². The Balaban J connectivity index is 2.18. The van der Waals surface area contributed by atoms with Crippen LogP contribution in [0, 0.1) is 12.7 Å². The van der Waals surface area contributed by atoms with Crippen LogP contribution in [0.15, 0.2) is 34.8 Å². The molecule has 0 aromatic heterocycles. The lowest BCUT2D eigenvalue weighted by Crippen LogP contribution is -2.02. The van der Waals surface area contributed by atoms with Gasteiger partial charge in [0.15, 0.2) is 0 Å². The molecule has 2 rings (SSSR count). The fourth-order valence-corrected chi connectivity index (χ4v) is 2.20. The van der Waals surface area contributed by atoms with Crippen LogP contribution >= 0.6 is 15.9 Å². The molecule has 0 aliphatic rings. The first-order valence-electron chi connectivity index (χ1n) is 6.06. The lowest BCUT2D eigenvalue weighted by molar-refractivity contribution is 0.411. The molecule has 0 aliphatic carbocycles. The summed E-state index contributed by atoms with van der Waals surface area (Å²) in [6.07, 6.45) is 0. The molecule has 106 valence electrons. The van der Waals surface area contributed by atoms with E-state index >= 15 is 0 Å². The van der Waals surface area contributed by atoms with E-state index in [9.17, 15) is 9.50 Å². The molecular formula is C15H15BrFNO2. The van der Waals surface area contributed by atoms with Gasteiger partial charge in [-0.3, -0.25) is 0 Å². The summed E-state index contributed by atoms with van der Waals surface area (Å²) >= 11 is 3.16. The molecule has 0 amide bonds. The average molecular weight is 340 g/mol. The molecule has 2 N–H and O–H groups in total. The Morgan fingerprint density at radius 3 is 2.75 bits per heavy atom. The van der Waals surface area contributed by atoms with E-state index in [4.69, 9.17) is 4.74 Å². The zero-order chi connectivity index (χ0) is 14.7. The quantitative estimate of drug-likeness (QED) is 0.876. The number of halogens is 2. The predicted octanol–water partition coefficient (Wildman–Crippen LogP) is 4.22.